The molecule has 4 N–H and O–H groups in total. The fraction of sp³-hybridized carbons (Fsp3) is 0.133. The van der Waals surface area contributed by atoms with Crippen LogP contribution in [-0.4, -0.2) is 18.1 Å². The molecule has 2 rings (SSSR count). The first kappa shape index (κ1) is 15.0. The van der Waals surface area contributed by atoms with E-state index in [4.69, 9.17) is 22.1 Å². The maximum Gasteiger partial charge on any atom is 0.255 e. The largest absolute Gasteiger partial charge is 0.505 e. The molecule has 110 valence electrons. The summed E-state index contributed by atoms with van der Waals surface area (Å²) in [5.41, 5.74) is 6.49. The number of carbonyl (C=O) groups is 1. The number of nitrogens with two attached hydrogens (primary N) is 1. The Morgan fingerprint density at radius 3 is 2.76 bits per heavy atom. The molecule has 0 atom stereocenters. The van der Waals surface area contributed by atoms with Gasteiger partial charge < -0.3 is 20.9 Å². The van der Waals surface area contributed by atoms with Gasteiger partial charge in [-0.3, -0.25) is 4.79 Å². The molecule has 0 bridgehead atoms. The van der Waals surface area contributed by atoms with E-state index in [1.165, 1.54) is 19.2 Å². The molecule has 0 aliphatic carbocycles. The Kier molecular flexibility index (Phi) is 4.55. The third-order valence-corrected chi connectivity index (χ3v) is 3.39. The van der Waals surface area contributed by atoms with Crippen molar-refractivity contribution in [3.8, 4) is 11.5 Å². The molecule has 2 aromatic carbocycles. The van der Waals surface area contributed by atoms with Gasteiger partial charge in [-0.2, -0.15) is 0 Å². The molecule has 0 unspecified atom stereocenters. The van der Waals surface area contributed by atoms with E-state index >= 15 is 0 Å². The molecule has 21 heavy (non-hydrogen) atoms. The summed E-state index contributed by atoms with van der Waals surface area (Å²) < 4.78 is 5.20. The van der Waals surface area contributed by atoms with Crippen molar-refractivity contribution in [1.82, 2.24) is 5.32 Å². The Labute approximate surface area is 127 Å². The highest BCUT2D eigenvalue weighted by atomic mass is 35.5. The number of benzene rings is 2. The maximum atomic E-state index is 12.1. The number of hydrogen-bond donors (Lipinski definition) is 3. The van der Waals surface area contributed by atoms with E-state index in [2.05, 4.69) is 5.32 Å². The molecule has 2 aromatic rings. The van der Waals surface area contributed by atoms with E-state index in [1.807, 2.05) is 0 Å². The summed E-state index contributed by atoms with van der Waals surface area (Å²) in [6.45, 7) is 0.177. The van der Waals surface area contributed by atoms with Crippen LogP contribution in [0.5, 0.6) is 11.5 Å². The topological polar surface area (TPSA) is 84.6 Å². The molecule has 0 aliphatic heterocycles. The summed E-state index contributed by atoms with van der Waals surface area (Å²) in [7, 11) is 1.53. The van der Waals surface area contributed by atoms with Crippen LogP contribution in [0.1, 0.15) is 15.9 Å². The minimum atomic E-state index is -0.443. The smallest absolute Gasteiger partial charge is 0.255 e. The van der Waals surface area contributed by atoms with Crippen LogP contribution in [0.2, 0.25) is 5.02 Å². The van der Waals surface area contributed by atoms with Gasteiger partial charge in [0.2, 0.25) is 0 Å². The lowest BCUT2D eigenvalue weighted by molar-refractivity contribution is 0.0948. The highest BCUT2D eigenvalue weighted by Gasteiger charge is 2.14. The number of methoxy groups -OCH3 is 1. The van der Waals surface area contributed by atoms with Crippen molar-refractivity contribution in [2.75, 3.05) is 12.8 Å². The van der Waals surface area contributed by atoms with Crippen LogP contribution in [0.15, 0.2) is 36.4 Å². The van der Waals surface area contributed by atoms with E-state index in [0.717, 1.165) is 0 Å². The monoisotopic (exact) mass is 306 g/mol. The highest BCUT2D eigenvalue weighted by Crippen LogP contribution is 2.27. The summed E-state index contributed by atoms with van der Waals surface area (Å²) in [4.78, 5) is 12.1. The van der Waals surface area contributed by atoms with Crippen LogP contribution < -0.4 is 15.8 Å². The van der Waals surface area contributed by atoms with Crippen molar-refractivity contribution in [3.63, 3.8) is 0 Å². The van der Waals surface area contributed by atoms with Crippen molar-refractivity contribution < 1.29 is 14.6 Å². The summed E-state index contributed by atoms with van der Waals surface area (Å²) in [5, 5.41) is 13.0. The second-order valence-corrected chi connectivity index (χ2v) is 4.75. The highest BCUT2D eigenvalue weighted by molar-refractivity contribution is 6.31. The number of rotatable bonds is 4. The molecular formula is C15H15ClN2O3. The predicted molar refractivity (Wildman–Crippen MR) is 81.7 cm³/mol. The number of phenolic OH excluding ortho intramolecular Hbond substituents is 1. The van der Waals surface area contributed by atoms with Crippen molar-refractivity contribution in [2.24, 2.45) is 0 Å². The number of amides is 1. The molecule has 6 heteroatoms. The number of ether oxygens (including phenoxy) is 1. The average Bonchev–Trinajstić information content (AvgIpc) is 2.48. The van der Waals surface area contributed by atoms with Crippen LogP contribution in [0.3, 0.4) is 0 Å². The number of para-hydroxylation sites is 1. The summed E-state index contributed by atoms with van der Waals surface area (Å²) in [6, 6.07) is 9.83. The zero-order valence-corrected chi connectivity index (χ0v) is 12.1. The number of nitrogen functional groups attached to an aromatic ring is 1. The van der Waals surface area contributed by atoms with Gasteiger partial charge in [0.15, 0.2) is 5.75 Å². The third-order valence-electron chi connectivity index (χ3n) is 3.03. The van der Waals surface area contributed by atoms with Crippen molar-refractivity contribution in [1.29, 1.82) is 0 Å². The first-order valence-corrected chi connectivity index (χ1v) is 6.59. The second kappa shape index (κ2) is 6.37. The Balaban J connectivity index is 2.17. The SMILES string of the molecule is COc1cccc(Cl)c1CNC(=O)c1cccc(N)c1O. The normalized spacial score (nSPS) is 10.2. The molecule has 0 fully saturated rings. The van der Waals surface area contributed by atoms with E-state index in [-0.39, 0.29) is 23.5 Å². The fourth-order valence-electron chi connectivity index (χ4n) is 1.91. The third kappa shape index (κ3) is 3.20. The summed E-state index contributed by atoms with van der Waals surface area (Å²) in [6.07, 6.45) is 0. The Morgan fingerprint density at radius 2 is 2.05 bits per heavy atom. The van der Waals surface area contributed by atoms with Crippen molar-refractivity contribution >= 4 is 23.2 Å². The summed E-state index contributed by atoms with van der Waals surface area (Å²) >= 11 is 6.09. The lowest BCUT2D eigenvalue weighted by Crippen LogP contribution is -2.23. The molecule has 0 heterocycles. The minimum Gasteiger partial charge on any atom is -0.505 e. The molecule has 5 nitrogen and oxygen atoms in total. The molecular weight excluding hydrogens is 292 g/mol. The van der Waals surface area contributed by atoms with Crippen molar-refractivity contribution in [2.45, 2.75) is 6.54 Å². The molecule has 0 aromatic heterocycles. The first-order valence-electron chi connectivity index (χ1n) is 6.21. The van der Waals surface area contributed by atoms with E-state index in [0.29, 0.717) is 16.3 Å². The van der Waals surface area contributed by atoms with Gasteiger partial charge in [0, 0.05) is 17.1 Å². The lowest BCUT2D eigenvalue weighted by Gasteiger charge is -2.12. The Bertz CT molecular complexity index is 674. The number of anilines is 1. The molecule has 0 radical (unpaired) electrons. The fourth-order valence-corrected chi connectivity index (χ4v) is 2.14. The molecule has 0 saturated heterocycles. The van der Waals surface area contributed by atoms with Gasteiger partial charge >= 0.3 is 0 Å². The predicted octanol–water partition coefficient (Wildman–Crippen LogP) is 2.57. The molecule has 0 spiro atoms. The van der Waals surface area contributed by atoms with E-state index in [1.54, 1.807) is 24.3 Å². The zero-order chi connectivity index (χ0) is 15.4. The van der Waals surface area contributed by atoms with Gasteiger partial charge in [0.1, 0.15) is 5.75 Å². The standard InChI is InChI=1S/C15H15ClN2O3/c1-21-13-7-3-5-11(16)10(13)8-18-15(20)9-4-2-6-12(17)14(9)19/h2-7,19H,8,17H2,1H3,(H,18,20). The first-order chi connectivity index (χ1) is 10.0. The number of hydrogen-bond acceptors (Lipinski definition) is 4. The van der Waals surface area contributed by atoms with Gasteiger partial charge in [0.05, 0.1) is 18.4 Å². The molecule has 1 amide bonds. The molecule has 0 saturated carbocycles. The maximum absolute atomic E-state index is 12.1. The van der Waals surface area contributed by atoms with Gasteiger partial charge in [-0.05, 0) is 24.3 Å². The minimum absolute atomic E-state index is 0.112. The average molecular weight is 307 g/mol. The van der Waals surface area contributed by atoms with Gasteiger partial charge in [-0.15, -0.1) is 0 Å². The zero-order valence-electron chi connectivity index (χ0n) is 11.4. The lowest BCUT2D eigenvalue weighted by atomic mass is 10.1. The molecule has 0 aliphatic rings. The van der Waals surface area contributed by atoms with E-state index in [9.17, 15) is 9.90 Å². The van der Waals surface area contributed by atoms with Crippen LogP contribution in [0.25, 0.3) is 0 Å². The second-order valence-electron chi connectivity index (χ2n) is 4.35. The van der Waals surface area contributed by atoms with Crippen LogP contribution in [0, 0.1) is 0 Å². The Hall–Kier alpha value is -2.40. The number of carbonyl (C=O) groups excluding carboxylic acids is 1. The van der Waals surface area contributed by atoms with Gasteiger partial charge in [-0.25, -0.2) is 0 Å². The van der Waals surface area contributed by atoms with Crippen LogP contribution >= 0.6 is 11.6 Å². The number of nitrogens with one attached hydrogen (secondary N) is 1. The van der Waals surface area contributed by atoms with Gasteiger partial charge in [0.25, 0.3) is 5.91 Å². The number of aromatic hydroxyl groups is 1. The van der Waals surface area contributed by atoms with Crippen LogP contribution in [-0.2, 0) is 6.54 Å². The number of halogens is 1. The quantitative estimate of drug-likeness (QED) is 0.598. The number of phenols is 1. The van der Waals surface area contributed by atoms with Crippen LogP contribution in [0.4, 0.5) is 5.69 Å². The van der Waals surface area contributed by atoms with Gasteiger partial charge in [-0.1, -0.05) is 23.7 Å². The summed E-state index contributed by atoms with van der Waals surface area (Å²) in [5.74, 6) is -0.0949. The Morgan fingerprint density at radius 1 is 1.33 bits per heavy atom. The van der Waals surface area contributed by atoms with Crippen molar-refractivity contribution in [3.05, 3.63) is 52.5 Å². The van der Waals surface area contributed by atoms with E-state index < -0.39 is 5.91 Å².